The van der Waals surface area contributed by atoms with Gasteiger partial charge in [-0.25, -0.2) is 4.79 Å². The molecule has 0 radical (unpaired) electrons. The van der Waals surface area contributed by atoms with Gasteiger partial charge in [0.05, 0.1) is 11.6 Å². The van der Waals surface area contributed by atoms with E-state index in [0.29, 0.717) is 18.7 Å². The van der Waals surface area contributed by atoms with Gasteiger partial charge in [-0.05, 0) is 53.1 Å². The standard InChI is InChI=1S/C29H27N3O4/c1-19-16-22(21-8-11-23(12-9-21)29(14-15-29)27(33)34)10-13-24(19)25-17-30-32(2)26(25)31-28(35)36-18-20-6-4-3-5-7-20/h3-13,16-17H,14-15,18H2,1-2H3,(H,31,35)(H,33,34). The van der Waals surface area contributed by atoms with E-state index in [1.807, 2.05) is 73.7 Å². The molecule has 0 spiro atoms. The Kier molecular flexibility index (Phi) is 6.06. The van der Waals surface area contributed by atoms with Gasteiger partial charge in [0.25, 0.3) is 0 Å². The third kappa shape index (κ3) is 4.47. The Hall–Kier alpha value is -4.39. The Labute approximate surface area is 209 Å². The Morgan fingerprint density at radius 1 is 1.00 bits per heavy atom. The van der Waals surface area contributed by atoms with Crippen molar-refractivity contribution in [1.82, 2.24) is 9.78 Å². The zero-order chi connectivity index (χ0) is 25.3. The molecule has 5 rings (SSSR count). The second-order valence-corrected chi connectivity index (χ2v) is 9.21. The monoisotopic (exact) mass is 481 g/mol. The summed E-state index contributed by atoms with van der Waals surface area (Å²) in [7, 11) is 1.77. The van der Waals surface area contributed by atoms with Gasteiger partial charge in [0.15, 0.2) is 0 Å². The first kappa shape index (κ1) is 23.4. The molecule has 2 N–H and O–H groups in total. The summed E-state index contributed by atoms with van der Waals surface area (Å²) in [6.07, 6.45) is 2.56. The SMILES string of the molecule is Cc1cc(-c2ccc(C3(C(=O)O)CC3)cc2)ccc1-c1cnn(C)c1NC(=O)OCc1ccccc1. The van der Waals surface area contributed by atoms with Crippen LogP contribution in [0.4, 0.5) is 10.6 Å². The van der Waals surface area contributed by atoms with E-state index in [9.17, 15) is 14.7 Å². The summed E-state index contributed by atoms with van der Waals surface area (Å²) in [5.74, 6) is -0.197. The molecule has 1 aliphatic rings. The topological polar surface area (TPSA) is 93.5 Å². The number of carboxylic acid groups (broad SMARTS) is 1. The molecular formula is C29H27N3O4. The fourth-order valence-corrected chi connectivity index (χ4v) is 4.52. The number of ether oxygens (including phenoxy) is 1. The van der Waals surface area contributed by atoms with E-state index in [1.165, 1.54) is 0 Å². The fourth-order valence-electron chi connectivity index (χ4n) is 4.52. The lowest BCUT2D eigenvalue weighted by Crippen LogP contribution is -2.19. The third-order valence-electron chi connectivity index (χ3n) is 6.82. The molecule has 1 aromatic heterocycles. The zero-order valence-electron chi connectivity index (χ0n) is 20.2. The summed E-state index contributed by atoms with van der Waals surface area (Å²) in [6.45, 7) is 2.20. The van der Waals surface area contributed by atoms with Crippen LogP contribution in [0.5, 0.6) is 0 Å². The van der Waals surface area contributed by atoms with Crippen LogP contribution >= 0.6 is 0 Å². The highest BCUT2D eigenvalue weighted by atomic mass is 16.5. The lowest BCUT2D eigenvalue weighted by Gasteiger charge is -2.13. The number of hydrogen-bond acceptors (Lipinski definition) is 4. The van der Waals surface area contributed by atoms with Gasteiger partial charge < -0.3 is 9.84 Å². The maximum absolute atomic E-state index is 12.5. The van der Waals surface area contributed by atoms with Crippen LogP contribution in [-0.4, -0.2) is 26.9 Å². The summed E-state index contributed by atoms with van der Waals surface area (Å²) < 4.78 is 6.99. The predicted octanol–water partition coefficient (Wildman–Crippen LogP) is 5.93. The molecule has 1 aliphatic carbocycles. The van der Waals surface area contributed by atoms with Gasteiger partial charge in [0, 0.05) is 12.6 Å². The quantitative estimate of drug-likeness (QED) is 0.341. The Morgan fingerprint density at radius 2 is 1.69 bits per heavy atom. The highest BCUT2D eigenvalue weighted by Gasteiger charge is 2.51. The highest BCUT2D eigenvalue weighted by Crippen LogP contribution is 2.48. The maximum Gasteiger partial charge on any atom is 0.413 e. The van der Waals surface area contributed by atoms with Crippen molar-refractivity contribution < 1.29 is 19.4 Å². The van der Waals surface area contributed by atoms with Gasteiger partial charge in [-0.2, -0.15) is 5.10 Å². The van der Waals surface area contributed by atoms with Crippen molar-refractivity contribution in [3.05, 3.63) is 95.7 Å². The summed E-state index contributed by atoms with van der Waals surface area (Å²) >= 11 is 0. The smallest absolute Gasteiger partial charge is 0.413 e. The number of benzene rings is 3. The summed E-state index contributed by atoms with van der Waals surface area (Å²) in [5.41, 5.74) is 5.88. The molecule has 4 aromatic rings. The molecule has 182 valence electrons. The molecule has 1 fully saturated rings. The molecule has 1 amide bonds. The molecular weight excluding hydrogens is 454 g/mol. The number of amides is 1. The number of carbonyl (C=O) groups excluding carboxylic acids is 1. The van der Waals surface area contributed by atoms with Crippen LogP contribution in [-0.2, 0) is 28.6 Å². The molecule has 0 bridgehead atoms. The lowest BCUT2D eigenvalue weighted by atomic mass is 9.92. The number of hydrogen-bond donors (Lipinski definition) is 2. The lowest BCUT2D eigenvalue weighted by molar-refractivity contribution is -0.140. The molecule has 0 saturated heterocycles. The van der Waals surface area contributed by atoms with Gasteiger partial charge in [0.2, 0.25) is 0 Å². The van der Waals surface area contributed by atoms with Crippen LogP contribution in [0, 0.1) is 6.92 Å². The molecule has 0 atom stereocenters. The van der Waals surface area contributed by atoms with Gasteiger partial charge in [0.1, 0.15) is 12.4 Å². The van der Waals surface area contributed by atoms with Crippen molar-refractivity contribution in [3.63, 3.8) is 0 Å². The summed E-state index contributed by atoms with van der Waals surface area (Å²) in [5, 5.41) is 16.7. The number of aryl methyl sites for hydroxylation is 2. The van der Waals surface area contributed by atoms with Crippen LogP contribution < -0.4 is 5.32 Å². The van der Waals surface area contributed by atoms with E-state index >= 15 is 0 Å². The molecule has 3 aromatic carbocycles. The van der Waals surface area contributed by atoms with Gasteiger partial charge in [-0.1, -0.05) is 72.8 Å². The number of nitrogens with one attached hydrogen (secondary N) is 1. The number of carboxylic acids is 1. The van der Waals surface area contributed by atoms with Crippen molar-refractivity contribution in [1.29, 1.82) is 0 Å². The normalized spacial score (nSPS) is 13.7. The molecule has 1 heterocycles. The maximum atomic E-state index is 12.5. The number of aliphatic carboxylic acids is 1. The molecule has 36 heavy (non-hydrogen) atoms. The van der Waals surface area contributed by atoms with Crippen LogP contribution in [0.1, 0.15) is 29.5 Å². The Balaban J connectivity index is 1.33. The molecule has 7 heteroatoms. The number of nitrogens with zero attached hydrogens (tertiary/aromatic N) is 2. The van der Waals surface area contributed by atoms with Crippen LogP contribution in [0.25, 0.3) is 22.3 Å². The van der Waals surface area contributed by atoms with Crippen LogP contribution in [0.15, 0.2) is 79.0 Å². The second kappa shape index (κ2) is 9.34. The number of carbonyl (C=O) groups is 2. The van der Waals surface area contributed by atoms with Crippen molar-refractivity contribution in [2.75, 3.05) is 5.32 Å². The predicted molar refractivity (Wildman–Crippen MR) is 138 cm³/mol. The second-order valence-electron chi connectivity index (χ2n) is 9.21. The van der Waals surface area contributed by atoms with E-state index in [1.54, 1.807) is 17.9 Å². The molecule has 7 nitrogen and oxygen atoms in total. The van der Waals surface area contributed by atoms with Crippen LogP contribution in [0.2, 0.25) is 0 Å². The number of aromatic nitrogens is 2. The van der Waals surface area contributed by atoms with Gasteiger partial charge in [-0.15, -0.1) is 0 Å². The van der Waals surface area contributed by atoms with E-state index in [-0.39, 0.29) is 6.61 Å². The van der Waals surface area contributed by atoms with Crippen LogP contribution in [0.3, 0.4) is 0 Å². The van der Waals surface area contributed by atoms with Crippen molar-refractivity contribution in [2.45, 2.75) is 31.8 Å². The minimum absolute atomic E-state index is 0.181. The molecule has 0 unspecified atom stereocenters. The van der Waals surface area contributed by atoms with Gasteiger partial charge in [-0.3, -0.25) is 14.8 Å². The van der Waals surface area contributed by atoms with E-state index in [2.05, 4.69) is 16.5 Å². The van der Waals surface area contributed by atoms with E-state index in [0.717, 1.165) is 38.9 Å². The highest BCUT2D eigenvalue weighted by molar-refractivity contribution is 5.91. The largest absolute Gasteiger partial charge is 0.481 e. The first-order valence-electron chi connectivity index (χ1n) is 11.8. The zero-order valence-corrected chi connectivity index (χ0v) is 20.2. The Morgan fingerprint density at radius 3 is 2.33 bits per heavy atom. The Bertz CT molecular complexity index is 1420. The third-order valence-corrected chi connectivity index (χ3v) is 6.82. The van der Waals surface area contributed by atoms with E-state index in [4.69, 9.17) is 4.74 Å². The average Bonchev–Trinajstić information content (AvgIpc) is 3.63. The number of rotatable bonds is 7. The minimum atomic E-state index is -0.750. The summed E-state index contributed by atoms with van der Waals surface area (Å²) in [6, 6.07) is 23.4. The van der Waals surface area contributed by atoms with Crippen molar-refractivity contribution in [3.8, 4) is 22.3 Å². The average molecular weight is 482 g/mol. The first-order chi connectivity index (χ1) is 17.4. The van der Waals surface area contributed by atoms with Crippen molar-refractivity contribution >= 4 is 17.9 Å². The summed E-state index contributed by atoms with van der Waals surface area (Å²) in [4.78, 5) is 24.1. The minimum Gasteiger partial charge on any atom is -0.481 e. The van der Waals surface area contributed by atoms with Gasteiger partial charge >= 0.3 is 12.1 Å². The van der Waals surface area contributed by atoms with E-state index < -0.39 is 17.5 Å². The molecule has 1 saturated carbocycles. The number of anilines is 1. The first-order valence-corrected chi connectivity index (χ1v) is 11.8. The van der Waals surface area contributed by atoms with Crippen molar-refractivity contribution in [2.24, 2.45) is 7.05 Å². The fraction of sp³-hybridized carbons (Fsp3) is 0.207. The molecule has 0 aliphatic heterocycles.